The summed E-state index contributed by atoms with van der Waals surface area (Å²) in [4.78, 5) is 15.1. The molecule has 0 bridgehead atoms. The van der Waals surface area contributed by atoms with Crippen molar-refractivity contribution < 1.29 is 13.2 Å². The Kier molecular flexibility index (Phi) is 6.15. The molecule has 5 nitrogen and oxygen atoms in total. The average Bonchev–Trinajstić information content (AvgIpc) is 2.97. The molecule has 1 aromatic carbocycles. The van der Waals surface area contributed by atoms with Gasteiger partial charge in [0, 0.05) is 18.0 Å². The first-order valence-electron chi connectivity index (χ1n) is 7.74. The van der Waals surface area contributed by atoms with Crippen molar-refractivity contribution in [3.63, 3.8) is 0 Å². The van der Waals surface area contributed by atoms with Gasteiger partial charge in [0.05, 0.1) is 6.42 Å². The van der Waals surface area contributed by atoms with Crippen LogP contribution in [0.5, 0.6) is 0 Å². The van der Waals surface area contributed by atoms with Crippen molar-refractivity contribution in [2.24, 2.45) is 5.14 Å². The van der Waals surface area contributed by atoms with E-state index < -0.39 is 10.0 Å². The first kappa shape index (κ1) is 18.6. The lowest BCUT2D eigenvalue weighted by Gasteiger charge is -2.22. The number of amides is 1. The molecule has 0 aliphatic rings. The van der Waals surface area contributed by atoms with Crippen LogP contribution in [0.15, 0.2) is 40.6 Å². The van der Waals surface area contributed by atoms with Gasteiger partial charge in [-0.05, 0) is 31.0 Å². The van der Waals surface area contributed by atoms with Crippen molar-refractivity contribution in [1.82, 2.24) is 4.90 Å². The Bertz CT molecular complexity index is 795. The predicted molar refractivity (Wildman–Crippen MR) is 96.3 cm³/mol. The van der Waals surface area contributed by atoms with Gasteiger partial charge < -0.3 is 4.90 Å². The number of rotatable bonds is 7. The third kappa shape index (κ3) is 5.15. The first-order chi connectivity index (χ1) is 11.3. The van der Waals surface area contributed by atoms with E-state index in [0.717, 1.165) is 23.3 Å². The molecule has 0 unspecified atom stereocenters. The Balaban J connectivity index is 2.08. The van der Waals surface area contributed by atoms with Gasteiger partial charge in [-0.1, -0.05) is 36.8 Å². The molecule has 0 saturated heterocycles. The number of sulfonamides is 1. The zero-order valence-electron chi connectivity index (χ0n) is 13.9. The van der Waals surface area contributed by atoms with Crippen LogP contribution in [0.4, 0.5) is 0 Å². The van der Waals surface area contributed by atoms with Gasteiger partial charge in [0.1, 0.15) is 4.21 Å². The van der Waals surface area contributed by atoms with Crippen molar-refractivity contribution in [2.75, 3.05) is 6.54 Å². The molecule has 0 saturated carbocycles. The highest BCUT2D eigenvalue weighted by atomic mass is 32.2. The van der Waals surface area contributed by atoms with Gasteiger partial charge >= 0.3 is 0 Å². The molecule has 2 N–H and O–H groups in total. The summed E-state index contributed by atoms with van der Waals surface area (Å²) in [6.07, 6.45) is 1.05. The van der Waals surface area contributed by atoms with E-state index in [4.69, 9.17) is 5.14 Å². The lowest BCUT2D eigenvalue weighted by Crippen LogP contribution is -2.32. The summed E-state index contributed by atoms with van der Waals surface area (Å²) in [6, 6.07) is 11.2. The van der Waals surface area contributed by atoms with E-state index in [0.29, 0.717) is 18.0 Å². The second-order valence-corrected chi connectivity index (χ2v) is 8.70. The SMILES string of the molecule is CCCN(Cc1ccc(C)cc1)C(=O)Cc1ccc(S(N)(=O)=O)s1. The van der Waals surface area contributed by atoms with Crippen LogP contribution in [0.2, 0.25) is 0 Å². The van der Waals surface area contributed by atoms with Gasteiger partial charge in [-0.3, -0.25) is 4.79 Å². The molecule has 1 heterocycles. The maximum atomic E-state index is 12.6. The van der Waals surface area contributed by atoms with Crippen molar-refractivity contribution in [3.8, 4) is 0 Å². The molecule has 130 valence electrons. The minimum absolute atomic E-state index is 0.0137. The number of aryl methyl sites for hydroxylation is 1. The molecule has 0 spiro atoms. The summed E-state index contributed by atoms with van der Waals surface area (Å²) in [7, 11) is -3.71. The normalized spacial score (nSPS) is 11.5. The fourth-order valence-corrected chi connectivity index (χ4v) is 4.11. The van der Waals surface area contributed by atoms with E-state index in [2.05, 4.69) is 0 Å². The van der Waals surface area contributed by atoms with E-state index in [1.807, 2.05) is 38.1 Å². The summed E-state index contributed by atoms with van der Waals surface area (Å²) < 4.78 is 22.7. The molecule has 24 heavy (non-hydrogen) atoms. The largest absolute Gasteiger partial charge is 0.338 e. The molecule has 0 radical (unpaired) electrons. The minimum Gasteiger partial charge on any atom is -0.338 e. The molecule has 0 aliphatic heterocycles. The molecule has 1 aromatic heterocycles. The summed E-state index contributed by atoms with van der Waals surface area (Å²) in [6.45, 7) is 5.28. The fourth-order valence-electron chi connectivity index (χ4n) is 2.34. The van der Waals surface area contributed by atoms with E-state index in [9.17, 15) is 13.2 Å². The van der Waals surface area contributed by atoms with Crippen LogP contribution < -0.4 is 5.14 Å². The smallest absolute Gasteiger partial charge is 0.247 e. The molecule has 0 fully saturated rings. The number of primary sulfonamides is 1. The average molecular weight is 367 g/mol. The Morgan fingerprint density at radius 1 is 1.17 bits per heavy atom. The Hall–Kier alpha value is -1.70. The minimum atomic E-state index is -3.71. The number of hydrogen-bond acceptors (Lipinski definition) is 4. The third-order valence-electron chi connectivity index (χ3n) is 3.58. The molecular weight excluding hydrogens is 344 g/mol. The van der Waals surface area contributed by atoms with Gasteiger partial charge in [0.2, 0.25) is 15.9 Å². The van der Waals surface area contributed by atoms with Gasteiger partial charge in [-0.25, -0.2) is 13.6 Å². The van der Waals surface area contributed by atoms with Crippen LogP contribution in [0.3, 0.4) is 0 Å². The molecule has 0 atom stereocenters. The fraction of sp³-hybridized carbons (Fsp3) is 0.353. The van der Waals surface area contributed by atoms with E-state index in [1.54, 1.807) is 11.0 Å². The highest BCUT2D eigenvalue weighted by Crippen LogP contribution is 2.21. The highest BCUT2D eigenvalue weighted by molar-refractivity contribution is 7.91. The molecule has 2 aromatic rings. The standard InChI is InChI=1S/C17H22N2O3S2/c1-3-10-19(12-14-6-4-13(2)5-7-14)16(20)11-15-8-9-17(23-15)24(18,21)22/h4-9H,3,10-12H2,1-2H3,(H2,18,21,22). The number of hydrogen-bond donors (Lipinski definition) is 1. The van der Waals surface area contributed by atoms with E-state index in [-0.39, 0.29) is 16.5 Å². The predicted octanol–water partition coefficient (Wildman–Crippen LogP) is 2.69. The Morgan fingerprint density at radius 3 is 2.38 bits per heavy atom. The van der Waals surface area contributed by atoms with Crippen molar-refractivity contribution in [2.45, 2.75) is 37.4 Å². The summed E-state index contributed by atoms with van der Waals surface area (Å²) in [5.41, 5.74) is 2.26. The van der Waals surface area contributed by atoms with Crippen LogP contribution >= 0.6 is 11.3 Å². The zero-order chi connectivity index (χ0) is 17.7. The van der Waals surface area contributed by atoms with Crippen molar-refractivity contribution in [1.29, 1.82) is 0 Å². The molecule has 7 heteroatoms. The Morgan fingerprint density at radius 2 is 1.83 bits per heavy atom. The lowest BCUT2D eigenvalue weighted by atomic mass is 10.1. The van der Waals surface area contributed by atoms with Gasteiger partial charge in [-0.15, -0.1) is 11.3 Å². The molecule has 0 aliphatic carbocycles. The second-order valence-electron chi connectivity index (χ2n) is 5.74. The molecular formula is C17H22N2O3S2. The topological polar surface area (TPSA) is 80.5 Å². The zero-order valence-corrected chi connectivity index (χ0v) is 15.5. The summed E-state index contributed by atoms with van der Waals surface area (Å²) >= 11 is 1.05. The number of carbonyl (C=O) groups excluding carboxylic acids is 1. The lowest BCUT2D eigenvalue weighted by molar-refractivity contribution is -0.131. The number of nitrogens with zero attached hydrogens (tertiary/aromatic N) is 1. The molecule has 1 amide bonds. The monoisotopic (exact) mass is 366 g/mol. The highest BCUT2D eigenvalue weighted by Gasteiger charge is 2.17. The Labute approximate surface area is 147 Å². The molecule has 2 rings (SSSR count). The van der Waals surface area contributed by atoms with E-state index >= 15 is 0 Å². The van der Waals surface area contributed by atoms with Crippen molar-refractivity contribution >= 4 is 27.3 Å². The maximum Gasteiger partial charge on any atom is 0.247 e. The van der Waals surface area contributed by atoms with Gasteiger partial charge in [-0.2, -0.15) is 0 Å². The number of carbonyl (C=O) groups is 1. The van der Waals surface area contributed by atoms with Crippen LogP contribution in [0.25, 0.3) is 0 Å². The van der Waals surface area contributed by atoms with Crippen LogP contribution in [-0.2, 0) is 27.8 Å². The van der Waals surface area contributed by atoms with E-state index in [1.165, 1.54) is 11.6 Å². The van der Waals surface area contributed by atoms with Crippen LogP contribution in [0.1, 0.15) is 29.3 Å². The number of thiophene rings is 1. The first-order valence-corrected chi connectivity index (χ1v) is 10.1. The quantitative estimate of drug-likeness (QED) is 0.818. The maximum absolute atomic E-state index is 12.6. The van der Waals surface area contributed by atoms with Crippen molar-refractivity contribution in [3.05, 3.63) is 52.4 Å². The third-order valence-corrected chi connectivity index (χ3v) is 6.11. The van der Waals surface area contributed by atoms with Gasteiger partial charge in [0.15, 0.2) is 0 Å². The summed E-state index contributed by atoms with van der Waals surface area (Å²) in [5, 5.41) is 5.11. The number of benzene rings is 1. The van der Waals surface area contributed by atoms with Crippen LogP contribution in [0, 0.1) is 6.92 Å². The van der Waals surface area contributed by atoms with Crippen LogP contribution in [-0.4, -0.2) is 25.8 Å². The number of nitrogens with two attached hydrogens (primary N) is 1. The summed E-state index contributed by atoms with van der Waals surface area (Å²) in [5.74, 6) is -0.0137. The second kappa shape index (κ2) is 7.92. The van der Waals surface area contributed by atoms with Gasteiger partial charge in [0.25, 0.3) is 0 Å².